The number of rotatable bonds is 3. The standard InChI is InChI=1S/C16H17N3OS/c1-12-14-4-2-6-18(14)7-8-19(12)11-13-10-15(20-17-13)16-5-3-9-21-16/h2-6,9-10,12H,7-8,11H2,1H3/t12-/m0/s1. The van der Waals surface area contributed by atoms with Crippen molar-refractivity contribution in [2.24, 2.45) is 0 Å². The van der Waals surface area contributed by atoms with Crippen molar-refractivity contribution in [2.45, 2.75) is 26.1 Å². The minimum absolute atomic E-state index is 0.413. The van der Waals surface area contributed by atoms with E-state index in [1.165, 1.54) is 5.69 Å². The Hall–Kier alpha value is -1.85. The second kappa shape index (κ2) is 5.16. The van der Waals surface area contributed by atoms with Crippen molar-refractivity contribution in [1.82, 2.24) is 14.6 Å². The molecule has 0 amide bonds. The van der Waals surface area contributed by atoms with E-state index in [-0.39, 0.29) is 0 Å². The van der Waals surface area contributed by atoms with E-state index in [2.05, 4.69) is 57.4 Å². The van der Waals surface area contributed by atoms with Crippen LogP contribution in [0.25, 0.3) is 10.6 Å². The van der Waals surface area contributed by atoms with Crippen LogP contribution in [0.15, 0.2) is 46.4 Å². The Kier molecular flexibility index (Phi) is 3.16. The highest BCUT2D eigenvalue weighted by Crippen LogP contribution is 2.29. The van der Waals surface area contributed by atoms with Gasteiger partial charge in [0.1, 0.15) is 0 Å². The summed E-state index contributed by atoms with van der Waals surface area (Å²) in [5.74, 6) is 0.869. The summed E-state index contributed by atoms with van der Waals surface area (Å²) >= 11 is 1.68. The Balaban J connectivity index is 1.52. The fourth-order valence-corrected chi connectivity index (χ4v) is 3.65. The molecule has 0 saturated heterocycles. The van der Waals surface area contributed by atoms with Crippen LogP contribution >= 0.6 is 11.3 Å². The SMILES string of the molecule is C[C@H]1c2cccn2CCN1Cc1cc(-c2cccs2)on1. The van der Waals surface area contributed by atoms with Crippen molar-refractivity contribution < 1.29 is 4.52 Å². The van der Waals surface area contributed by atoms with E-state index in [0.717, 1.165) is 36.0 Å². The first-order valence-electron chi connectivity index (χ1n) is 7.20. The zero-order valence-corrected chi connectivity index (χ0v) is 12.7. The van der Waals surface area contributed by atoms with Crippen molar-refractivity contribution in [3.05, 3.63) is 53.3 Å². The number of hydrogen-bond donors (Lipinski definition) is 0. The quantitative estimate of drug-likeness (QED) is 0.738. The first-order valence-corrected chi connectivity index (χ1v) is 8.08. The zero-order chi connectivity index (χ0) is 14.2. The third-order valence-electron chi connectivity index (χ3n) is 4.16. The lowest BCUT2D eigenvalue weighted by Crippen LogP contribution is -2.35. The molecule has 21 heavy (non-hydrogen) atoms. The molecule has 0 radical (unpaired) electrons. The predicted molar refractivity (Wildman–Crippen MR) is 83.1 cm³/mol. The van der Waals surface area contributed by atoms with E-state index in [1.807, 2.05) is 6.07 Å². The molecule has 0 N–H and O–H groups in total. The Bertz CT molecular complexity index is 728. The molecule has 0 spiro atoms. The Labute approximate surface area is 127 Å². The van der Waals surface area contributed by atoms with Crippen molar-refractivity contribution >= 4 is 11.3 Å². The molecule has 3 aromatic heterocycles. The molecule has 0 aromatic carbocycles. The van der Waals surface area contributed by atoms with Gasteiger partial charge in [-0.05, 0) is 30.5 Å². The second-order valence-corrected chi connectivity index (χ2v) is 6.38. The summed E-state index contributed by atoms with van der Waals surface area (Å²) in [7, 11) is 0. The largest absolute Gasteiger partial charge is 0.355 e. The van der Waals surface area contributed by atoms with Gasteiger partial charge < -0.3 is 9.09 Å². The Morgan fingerprint density at radius 3 is 3.14 bits per heavy atom. The van der Waals surface area contributed by atoms with Gasteiger partial charge in [0.15, 0.2) is 5.76 Å². The van der Waals surface area contributed by atoms with Crippen molar-refractivity contribution in [2.75, 3.05) is 6.54 Å². The summed E-state index contributed by atoms with van der Waals surface area (Å²) in [6.45, 7) is 5.18. The topological polar surface area (TPSA) is 34.2 Å². The van der Waals surface area contributed by atoms with E-state index >= 15 is 0 Å². The molecular formula is C16H17N3OS. The van der Waals surface area contributed by atoms with Gasteiger partial charge in [-0.15, -0.1) is 11.3 Å². The minimum Gasteiger partial charge on any atom is -0.355 e. The van der Waals surface area contributed by atoms with Gasteiger partial charge in [-0.3, -0.25) is 4.90 Å². The lowest BCUT2D eigenvalue weighted by Gasteiger charge is -2.34. The molecule has 0 aliphatic carbocycles. The van der Waals surface area contributed by atoms with Crippen LogP contribution in [0.5, 0.6) is 0 Å². The van der Waals surface area contributed by atoms with Crippen LogP contribution in [-0.4, -0.2) is 21.2 Å². The van der Waals surface area contributed by atoms with Gasteiger partial charge in [0.05, 0.1) is 10.6 Å². The van der Waals surface area contributed by atoms with Gasteiger partial charge in [0.2, 0.25) is 0 Å². The normalized spacial score (nSPS) is 18.8. The average molecular weight is 299 g/mol. The van der Waals surface area contributed by atoms with E-state index < -0.39 is 0 Å². The molecule has 4 heterocycles. The van der Waals surface area contributed by atoms with Crippen LogP contribution < -0.4 is 0 Å². The van der Waals surface area contributed by atoms with Crippen LogP contribution in [0.3, 0.4) is 0 Å². The lowest BCUT2D eigenvalue weighted by molar-refractivity contribution is 0.157. The average Bonchev–Trinajstić information content (AvgIpc) is 3.21. The summed E-state index contributed by atoms with van der Waals surface area (Å²) in [4.78, 5) is 3.58. The van der Waals surface area contributed by atoms with Gasteiger partial charge in [0, 0.05) is 43.6 Å². The third kappa shape index (κ3) is 2.32. The highest BCUT2D eigenvalue weighted by atomic mass is 32.1. The summed E-state index contributed by atoms with van der Waals surface area (Å²) in [5, 5.41) is 6.28. The number of thiophene rings is 1. The van der Waals surface area contributed by atoms with E-state index in [9.17, 15) is 0 Å². The number of aromatic nitrogens is 2. The first kappa shape index (κ1) is 12.9. The van der Waals surface area contributed by atoms with E-state index in [1.54, 1.807) is 11.3 Å². The van der Waals surface area contributed by atoms with Crippen LogP contribution in [0.4, 0.5) is 0 Å². The molecule has 4 nitrogen and oxygen atoms in total. The minimum atomic E-state index is 0.413. The number of nitrogens with zero attached hydrogens (tertiary/aromatic N) is 3. The van der Waals surface area contributed by atoms with Gasteiger partial charge in [-0.1, -0.05) is 11.2 Å². The predicted octanol–water partition coefficient (Wildman–Crippen LogP) is 3.78. The van der Waals surface area contributed by atoms with Crippen LogP contribution in [0.2, 0.25) is 0 Å². The molecule has 0 saturated carbocycles. The highest BCUT2D eigenvalue weighted by Gasteiger charge is 2.24. The maximum atomic E-state index is 5.47. The Morgan fingerprint density at radius 2 is 2.29 bits per heavy atom. The molecule has 0 bridgehead atoms. The molecule has 5 heteroatoms. The van der Waals surface area contributed by atoms with Gasteiger partial charge in [0.25, 0.3) is 0 Å². The second-order valence-electron chi connectivity index (χ2n) is 5.43. The molecule has 3 aromatic rings. The van der Waals surface area contributed by atoms with Crippen LogP contribution in [-0.2, 0) is 13.1 Å². The molecule has 1 aliphatic rings. The van der Waals surface area contributed by atoms with Crippen molar-refractivity contribution in [3.8, 4) is 10.6 Å². The molecule has 1 atom stereocenters. The van der Waals surface area contributed by atoms with E-state index in [4.69, 9.17) is 4.52 Å². The molecule has 0 unspecified atom stereocenters. The van der Waals surface area contributed by atoms with Gasteiger partial charge in [-0.2, -0.15) is 0 Å². The number of fused-ring (bicyclic) bond motifs is 1. The molecule has 4 rings (SSSR count). The summed E-state index contributed by atoms with van der Waals surface area (Å²) in [6, 6.07) is 10.9. The smallest absolute Gasteiger partial charge is 0.177 e. The number of hydrogen-bond acceptors (Lipinski definition) is 4. The van der Waals surface area contributed by atoms with Crippen LogP contribution in [0, 0.1) is 0 Å². The highest BCUT2D eigenvalue weighted by molar-refractivity contribution is 7.13. The molecule has 1 aliphatic heterocycles. The maximum Gasteiger partial charge on any atom is 0.177 e. The van der Waals surface area contributed by atoms with Gasteiger partial charge in [-0.25, -0.2) is 0 Å². The maximum absolute atomic E-state index is 5.47. The lowest BCUT2D eigenvalue weighted by atomic mass is 10.1. The Morgan fingerprint density at radius 1 is 1.33 bits per heavy atom. The molecular weight excluding hydrogens is 282 g/mol. The third-order valence-corrected chi connectivity index (χ3v) is 5.04. The van der Waals surface area contributed by atoms with Crippen LogP contribution in [0.1, 0.15) is 24.4 Å². The zero-order valence-electron chi connectivity index (χ0n) is 11.9. The fourth-order valence-electron chi connectivity index (χ4n) is 2.97. The first-order chi connectivity index (χ1) is 10.3. The fraction of sp³-hybridized carbons (Fsp3) is 0.312. The van der Waals surface area contributed by atoms with Crippen molar-refractivity contribution in [3.63, 3.8) is 0 Å². The summed E-state index contributed by atoms with van der Waals surface area (Å²) in [5.41, 5.74) is 2.38. The monoisotopic (exact) mass is 299 g/mol. The molecule has 108 valence electrons. The van der Waals surface area contributed by atoms with Crippen molar-refractivity contribution in [1.29, 1.82) is 0 Å². The molecule has 0 fully saturated rings. The van der Waals surface area contributed by atoms with E-state index in [0.29, 0.717) is 6.04 Å². The summed E-state index contributed by atoms with van der Waals surface area (Å²) in [6.07, 6.45) is 2.16. The summed E-state index contributed by atoms with van der Waals surface area (Å²) < 4.78 is 7.80. The van der Waals surface area contributed by atoms with Gasteiger partial charge >= 0.3 is 0 Å².